The van der Waals surface area contributed by atoms with E-state index in [-0.39, 0.29) is 0 Å². The van der Waals surface area contributed by atoms with E-state index in [1.807, 2.05) is 23.4 Å². The highest BCUT2D eigenvalue weighted by atomic mass is 16.1. The van der Waals surface area contributed by atoms with Gasteiger partial charge in [-0.05, 0) is 12.8 Å². The van der Waals surface area contributed by atoms with Crippen molar-refractivity contribution in [1.29, 1.82) is 0 Å². The van der Waals surface area contributed by atoms with Crippen molar-refractivity contribution in [1.82, 2.24) is 9.55 Å². The van der Waals surface area contributed by atoms with E-state index in [0.29, 0.717) is 6.42 Å². The molecule has 0 amide bonds. The van der Waals surface area contributed by atoms with E-state index in [0.717, 1.165) is 25.8 Å². The maximum atomic E-state index is 9.86. The molecule has 65 valence electrons. The van der Waals surface area contributed by atoms with Crippen LogP contribution in [0.5, 0.6) is 0 Å². The first-order valence-corrected chi connectivity index (χ1v) is 4.24. The van der Waals surface area contributed by atoms with E-state index in [9.17, 15) is 4.79 Å². The van der Waals surface area contributed by atoms with E-state index in [1.165, 1.54) is 0 Å². The van der Waals surface area contributed by atoms with Crippen LogP contribution in [0.2, 0.25) is 0 Å². The van der Waals surface area contributed by atoms with Crippen molar-refractivity contribution in [3.05, 3.63) is 18.7 Å². The Balaban J connectivity index is 2.00. The highest BCUT2D eigenvalue weighted by Crippen LogP contribution is 2.00. The van der Waals surface area contributed by atoms with Gasteiger partial charge in [0.2, 0.25) is 0 Å². The summed E-state index contributed by atoms with van der Waals surface area (Å²) in [5.41, 5.74) is 0. The fraction of sp³-hybridized carbons (Fsp3) is 0.556. The van der Waals surface area contributed by atoms with E-state index in [1.54, 1.807) is 6.20 Å². The van der Waals surface area contributed by atoms with Crippen LogP contribution < -0.4 is 0 Å². The van der Waals surface area contributed by atoms with Gasteiger partial charge in [-0.15, -0.1) is 0 Å². The fourth-order valence-corrected chi connectivity index (χ4v) is 1.09. The van der Waals surface area contributed by atoms with Gasteiger partial charge in [0.15, 0.2) is 6.29 Å². The third-order valence-corrected chi connectivity index (χ3v) is 1.75. The summed E-state index contributed by atoms with van der Waals surface area (Å²) in [6.07, 6.45) is 11.2. The highest BCUT2D eigenvalue weighted by molar-refractivity contribution is 5.50. The molecule has 1 rings (SSSR count). The van der Waals surface area contributed by atoms with Gasteiger partial charge < -0.3 is 4.57 Å². The second-order valence-corrected chi connectivity index (χ2v) is 2.76. The topological polar surface area (TPSA) is 34.9 Å². The quantitative estimate of drug-likeness (QED) is 0.599. The molecule has 1 heterocycles. The number of unbranched alkanes of at least 4 members (excludes halogenated alkanes) is 3. The molecule has 0 fully saturated rings. The molecule has 3 nitrogen and oxygen atoms in total. The minimum absolute atomic E-state index is 0.573. The Morgan fingerprint density at radius 3 is 2.92 bits per heavy atom. The molecule has 1 radical (unpaired) electrons. The third kappa shape index (κ3) is 3.32. The van der Waals surface area contributed by atoms with Crippen molar-refractivity contribution in [3.63, 3.8) is 0 Å². The summed E-state index contributed by atoms with van der Waals surface area (Å²) >= 11 is 0. The molecule has 0 aliphatic heterocycles. The molecule has 0 aromatic carbocycles. The molecule has 0 saturated carbocycles. The first kappa shape index (κ1) is 8.97. The average molecular weight is 165 g/mol. The SMILES string of the molecule is O=[C]CCCCCn1ccnc1. The number of aromatic nitrogens is 2. The van der Waals surface area contributed by atoms with Gasteiger partial charge >= 0.3 is 0 Å². The van der Waals surface area contributed by atoms with Crippen LogP contribution in [0.3, 0.4) is 0 Å². The van der Waals surface area contributed by atoms with Gasteiger partial charge in [0, 0.05) is 25.4 Å². The van der Waals surface area contributed by atoms with Gasteiger partial charge in [0.05, 0.1) is 6.33 Å². The lowest BCUT2D eigenvalue weighted by molar-refractivity contribution is 0.539. The lowest BCUT2D eigenvalue weighted by Crippen LogP contribution is -1.93. The van der Waals surface area contributed by atoms with Crippen molar-refractivity contribution < 1.29 is 4.79 Å². The standard InChI is InChI=1S/C9H13N2O/c12-8-4-2-1-3-6-11-7-5-10-9-11/h5,7,9H,1-4,6H2. The Morgan fingerprint density at radius 2 is 2.25 bits per heavy atom. The molecule has 0 aliphatic rings. The van der Waals surface area contributed by atoms with Crippen LogP contribution >= 0.6 is 0 Å². The Labute approximate surface area is 72.4 Å². The zero-order chi connectivity index (χ0) is 8.65. The molecule has 0 atom stereocenters. The lowest BCUT2D eigenvalue weighted by Gasteiger charge is -1.99. The number of nitrogens with zero attached hydrogens (tertiary/aromatic N) is 2. The number of aryl methyl sites for hydroxylation is 1. The molecule has 1 aromatic rings. The number of hydrogen-bond acceptors (Lipinski definition) is 2. The third-order valence-electron chi connectivity index (χ3n) is 1.75. The zero-order valence-electron chi connectivity index (χ0n) is 7.07. The maximum absolute atomic E-state index is 9.86. The summed E-state index contributed by atoms with van der Waals surface area (Å²) < 4.78 is 2.05. The highest BCUT2D eigenvalue weighted by Gasteiger charge is 1.90. The Bertz CT molecular complexity index is 206. The molecule has 1 aromatic heterocycles. The summed E-state index contributed by atoms with van der Waals surface area (Å²) in [7, 11) is 0. The molecular weight excluding hydrogens is 152 g/mol. The number of carbonyl (C=O) groups excluding carboxylic acids is 1. The van der Waals surface area contributed by atoms with Gasteiger partial charge in [-0.1, -0.05) is 6.42 Å². The van der Waals surface area contributed by atoms with Crippen LogP contribution in [-0.4, -0.2) is 15.8 Å². The van der Waals surface area contributed by atoms with Crippen molar-refractivity contribution in [2.24, 2.45) is 0 Å². The summed E-state index contributed by atoms with van der Waals surface area (Å²) in [4.78, 5) is 13.8. The summed E-state index contributed by atoms with van der Waals surface area (Å²) in [6, 6.07) is 0. The van der Waals surface area contributed by atoms with Gasteiger partial charge in [-0.3, -0.25) is 4.79 Å². The normalized spacial score (nSPS) is 10.0. The van der Waals surface area contributed by atoms with E-state index in [2.05, 4.69) is 4.98 Å². The maximum Gasteiger partial charge on any atom is 0.198 e. The zero-order valence-corrected chi connectivity index (χ0v) is 7.07. The summed E-state index contributed by atoms with van der Waals surface area (Å²) in [6.45, 7) is 0.999. The lowest BCUT2D eigenvalue weighted by atomic mass is 10.2. The van der Waals surface area contributed by atoms with Crippen LogP contribution in [0.1, 0.15) is 25.7 Å². The van der Waals surface area contributed by atoms with Gasteiger partial charge in [-0.2, -0.15) is 0 Å². The van der Waals surface area contributed by atoms with Crippen LogP contribution in [0.15, 0.2) is 18.7 Å². The number of imidazole rings is 1. The second-order valence-electron chi connectivity index (χ2n) is 2.76. The molecule has 0 unspecified atom stereocenters. The molecule has 3 heteroatoms. The Hall–Kier alpha value is -1.12. The van der Waals surface area contributed by atoms with E-state index in [4.69, 9.17) is 0 Å². The van der Waals surface area contributed by atoms with E-state index >= 15 is 0 Å². The minimum Gasteiger partial charge on any atom is -0.337 e. The number of rotatable bonds is 6. The van der Waals surface area contributed by atoms with Crippen molar-refractivity contribution in [2.75, 3.05) is 0 Å². The molecule has 0 saturated heterocycles. The Morgan fingerprint density at radius 1 is 1.33 bits per heavy atom. The minimum atomic E-state index is 0.573. The molecule has 0 spiro atoms. The van der Waals surface area contributed by atoms with Gasteiger partial charge in [0.25, 0.3) is 0 Å². The van der Waals surface area contributed by atoms with Crippen molar-refractivity contribution in [3.8, 4) is 0 Å². The van der Waals surface area contributed by atoms with Gasteiger partial charge in [-0.25, -0.2) is 4.98 Å². The molecule has 12 heavy (non-hydrogen) atoms. The Kier molecular flexibility index (Phi) is 4.13. The predicted octanol–water partition coefficient (Wildman–Crippen LogP) is 1.55. The predicted molar refractivity (Wildman–Crippen MR) is 46.4 cm³/mol. The van der Waals surface area contributed by atoms with Crippen LogP contribution in [0.4, 0.5) is 0 Å². The first-order chi connectivity index (χ1) is 5.93. The monoisotopic (exact) mass is 165 g/mol. The van der Waals surface area contributed by atoms with Crippen LogP contribution in [0, 0.1) is 0 Å². The fourth-order valence-electron chi connectivity index (χ4n) is 1.09. The largest absolute Gasteiger partial charge is 0.337 e. The summed E-state index contributed by atoms with van der Waals surface area (Å²) in [5, 5.41) is 0. The van der Waals surface area contributed by atoms with Crippen LogP contribution in [0.25, 0.3) is 0 Å². The molecule has 0 aliphatic carbocycles. The summed E-state index contributed by atoms with van der Waals surface area (Å²) in [5.74, 6) is 0. The van der Waals surface area contributed by atoms with Crippen LogP contribution in [-0.2, 0) is 11.3 Å². The van der Waals surface area contributed by atoms with Crippen molar-refractivity contribution >= 4 is 6.29 Å². The number of hydrogen-bond donors (Lipinski definition) is 0. The smallest absolute Gasteiger partial charge is 0.198 e. The van der Waals surface area contributed by atoms with Crippen molar-refractivity contribution in [2.45, 2.75) is 32.2 Å². The second kappa shape index (κ2) is 5.52. The van der Waals surface area contributed by atoms with E-state index < -0.39 is 0 Å². The average Bonchev–Trinajstić information content (AvgIpc) is 2.57. The molecule has 0 bridgehead atoms. The molecule has 0 N–H and O–H groups in total. The van der Waals surface area contributed by atoms with Gasteiger partial charge in [0.1, 0.15) is 0 Å². The first-order valence-electron chi connectivity index (χ1n) is 4.24. The molecular formula is C9H13N2O.